The van der Waals surface area contributed by atoms with Crippen molar-refractivity contribution in [3.05, 3.63) is 61.4 Å². The Bertz CT molecular complexity index is 837. The van der Waals surface area contributed by atoms with Crippen molar-refractivity contribution in [1.82, 2.24) is 8.69 Å². The van der Waals surface area contributed by atoms with Gasteiger partial charge in [0.05, 0.1) is 4.90 Å². The van der Waals surface area contributed by atoms with Crippen molar-refractivity contribution in [1.29, 1.82) is 0 Å². The Morgan fingerprint density at radius 3 is 2.33 bits per heavy atom. The molecule has 0 spiro atoms. The Kier molecular flexibility index (Phi) is 4.31. The van der Waals surface area contributed by atoms with Gasteiger partial charge in [-0.15, -0.1) is 6.58 Å². The zero-order chi connectivity index (χ0) is 15.5. The third-order valence-electron chi connectivity index (χ3n) is 2.69. The predicted molar refractivity (Wildman–Crippen MR) is 78.8 cm³/mol. The van der Waals surface area contributed by atoms with Crippen molar-refractivity contribution in [2.24, 2.45) is 0 Å². The molecule has 8 heteroatoms. The number of hydrogen-bond acceptors (Lipinski definition) is 4. The van der Waals surface area contributed by atoms with Gasteiger partial charge in [0.15, 0.2) is 0 Å². The van der Waals surface area contributed by atoms with Gasteiger partial charge in [0.1, 0.15) is 4.90 Å². The molecular formula is C13H14N2O4S2. The van der Waals surface area contributed by atoms with Gasteiger partial charge in [-0.25, -0.2) is 25.5 Å². The molecule has 1 N–H and O–H groups in total. The normalized spacial score (nSPS) is 12.2. The molecule has 1 aromatic heterocycles. The monoisotopic (exact) mass is 326 g/mol. The van der Waals surface area contributed by atoms with E-state index in [-0.39, 0.29) is 16.3 Å². The topological polar surface area (TPSA) is 85.2 Å². The minimum absolute atomic E-state index is 0.0684. The molecule has 0 atom stereocenters. The molecule has 0 saturated heterocycles. The lowest BCUT2D eigenvalue weighted by Crippen LogP contribution is -2.23. The second-order valence-electron chi connectivity index (χ2n) is 4.14. The van der Waals surface area contributed by atoms with Crippen molar-refractivity contribution < 1.29 is 16.8 Å². The van der Waals surface area contributed by atoms with E-state index in [9.17, 15) is 16.8 Å². The van der Waals surface area contributed by atoms with E-state index >= 15 is 0 Å². The number of benzene rings is 1. The number of aromatic nitrogens is 1. The van der Waals surface area contributed by atoms with Gasteiger partial charge in [0.2, 0.25) is 10.0 Å². The first-order valence-electron chi connectivity index (χ1n) is 5.97. The fraction of sp³-hybridized carbons (Fsp3) is 0.0769. The number of hydrogen-bond donors (Lipinski definition) is 1. The van der Waals surface area contributed by atoms with Crippen LogP contribution < -0.4 is 4.72 Å². The number of sulfonamides is 1. The lowest BCUT2D eigenvalue weighted by atomic mass is 10.4. The lowest BCUT2D eigenvalue weighted by molar-refractivity contribution is 0.585. The summed E-state index contributed by atoms with van der Waals surface area (Å²) in [5, 5.41) is 0. The molecule has 0 aliphatic rings. The zero-order valence-electron chi connectivity index (χ0n) is 11.0. The van der Waals surface area contributed by atoms with Crippen LogP contribution in [0.5, 0.6) is 0 Å². The Balaban J connectivity index is 2.39. The molecule has 6 nitrogen and oxygen atoms in total. The van der Waals surface area contributed by atoms with Crippen LogP contribution in [0.2, 0.25) is 0 Å². The highest BCUT2D eigenvalue weighted by Gasteiger charge is 2.20. The second-order valence-corrected chi connectivity index (χ2v) is 7.75. The van der Waals surface area contributed by atoms with E-state index in [0.717, 1.165) is 10.2 Å². The average Bonchev–Trinajstić information content (AvgIpc) is 2.97. The first-order chi connectivity index (χ1) is 9.88. The average molecular weight is 326 g/mol. The van der Waals surface area contributed by atoms with Gasteiger partial charge in [-0.2, -0.15) is 0 Å². The molecule has 0 unspecified atom stereocenters. The maximum absolute atomic E-state index is 12.3. The maximum atomic E-state index is 12.3. The van der Waals surface area contributed by atoms with Crippen LogP contribution >= 0.6 is 0 Å². The summed E-state index contributed by atoms with van der Waals surface area (Å²) >= 11 is 0. The quantitative estimate of drug-likeness (QED) is 0.808. The van der Waals surface area contributed by atoms with Gasteiger partial charge in [-0.1, -0.05) is 24.3 Å². The molecule has 0 aliphatic carbocycles. The molecule has 1 heterocycles. The van der Waals surface area contributed by atoms with E-state index in [1.54, 1.807) is 18.2 Å². The van der Waals surface area contributed by atoms with Crippen LogP contribution in [-0.4, -0.2) is 27.4 Å². The molecule has 0 saturated carbocycles. The Morgan fingerprint density at radius 2 is 1.71 bits per heavy atom. The SMILES string of the molecule is C=CCNS(=O)(=O)c1ccn(S(=O)(=O)c2ccccc2)c1. The van der Waals surface area contributed by atoms with Crippen LogP contribution in [0.25, 0.3) is 0 Å². The van der Waals surface area contributed by atoms with Crippen LogP contribution in [0.4, 0.5) is 0 Å². The molecule has 0 amide bonds. The number of nitrogens with zero attached hydrogens (tertiary/aromatic N) is 1. The molecule has 21 heavy (non-hydrogen) atoms. The van der Waals surface area contributed by atoms with Gasteiger partial charge in [0.25, 0.3) is 10.0 Å². The minimum atomic E-state index is -3.79. The van der Waals surface area contributed by atoms with E-state index in [0.29, 0.717) is 0 Å². The third-order valence-corrected chi connectivity index (χ3v) is 5.75. The van der Waals surface area contributed by atoms with Gasteiger partial charge >= 0.3 is 0 Å². The van der Waals surface area contributed by atoms with E-state index in [1.807, 2.05) is 0 Å². The fourth-order valence-electron chi connectivity index (χ4n) is 1.63. The number of nitrogens with one attached hydrogen (secondary N) is 1. The molecule has 2 aromatic rings. The largest absolute Gasteiger partial charge is 0.267 e. The number of rotatable bonds is 6. The van der Waals surface area contributed by atoms with Crippen molar-refractivity contribution in [3.63, 3.8) is 0 Å². The third kappa shape index (κ3) is 3.23. The molecular weight excluding hydrogens is 312 g/mol. The van der Waals surface area contributed by atoms with Crippen LogP contribution in [-0.2, 0) is 20.0 Å². The Morgan fingerprint density at radius 1 is 1.05 bits per heavy atom. The van der Waals surface area contributed by atoms with Crippen molar-refractivity contribution in [3.8, 4) is 0 Å². The molecule has 0 fully saturated rings. The molecule has 1 aromatic carbocycles. The summed E-state index contributed by atoms with van der Waals surface area (Å²) in [6, 6.07) is 9.01. The van der Waals surface area contributed by atoms with Crippen molar-refractivity contribution in [2.45, 2.75) is 9.79 Å². The first-order valence-corrected chi connectivity index (χ1v) is 8.89. The summed E-state index contributed by atoms with van der Waals surface area (Å²) in [5.74, 6) is 0. The molecule has 2 rings (SSSR count). The fourth-order valence-corrected chi connectivity index (χ4v) is 3.91. The summed E-state index contributed by atoms with van der Waals surface area (Å²) in [4.78, 5) is -0.0348. The van der Waals surface area contributed by atoms with Crippen LogP contribution in [0.15, 0.2) is 71.2 Å². The van der Waals surface area contributed by atoms with Gasteiger partial charge in [0, 0.05) is 18.9 Å². The smallest absolute Gasteiger partial charge is 0.248 e. The first kappa shape index (κ1) is 15.5. The lowest BCUT2D eigenvalue weighted by Gasteiger charge is -2.05. The molecule has 0 aliphatic heterocycles. The van der Waals surface area contributed by atoms with Crippen molar-refractivity contribution in [2.75, 3.05) is 6.54 Å². The Hall–Kier alpha value is -1.90. The van der Waals surface area contributed by atoms with E-state index in [4.69, 9.17) is 0 Å². The Labute approximate surface area is 123 Å². The highest BCUT2D eigenvalue weighted by molar-refractivity contribution is 7.90. The van der Waals surface area contributed by atoms with Crippen LogP contribution in [0.1, 0.15) is 0 Å². The standard InChI is InChI=1S/C13H14N2O4S2/c1-2-9-14-20(16,17)13-8-10-15(11-13)21(18,19)12-6-4-3-5-7-12/h2-8,10-11,14H,1,9H2. The van der Waals surface area contributed by atoms with Gasteiger partial charge < -0.3 is 0 Å². The minimum Gasteiger partial charge on any atom is -0.248 e. The van der Waals surface area contributed by atoms with Gasteiger partial charge in [-0.3, -0.25) is 0 Å². The van der Waals surface area contributed by atoms with Gasteiger partial charge in [-0.05, 0) is 18.2 Å². The summed E-state index contributed by atoms with van der Waals surface area (Å²) in [7, 11) is -7.55. The summed E-state index contributed by atoms with van der Waals surface area (Å²) in [6.45, 7) is 3.48. The summed E-state index contributed by atoms with van der Waals surface area (Å²) in [5.41, 5.74) is 0. The van der Waals surface area contributed by atoms with Crippen LogP contribution in [0.3, 0.4) is 0 Å². The van der Waals surface area contributed by atoms with E-state index in [1.165, 1.54) is 30.5 Å². The van der Waals surface area contributed by atoms with E-state index in [2.05, 4.69) is 11.3 Å². The molecule has 0 radical (unpaired) electrons. The summed E-state index contributed by atoms with van der Waals surface area (Å²) < 4.78 is 51.6. The maximum Gasteiger partial charge on any atom is 0.267 e. The van der Waals surface area contributed by atoms with Crippen molar-refractivity contribution >= 4 is 20.0 Å². The second kappa shape index (κ2) is 5.84. The highest BCUT2D eigenvalue weighted by Crippen LogP contribution is 2.17. The van der Waals surface area contributed by atoms with E-state index < -0.39 is 20.0 Å². The van der Waals surface area contributed by atoms with Crippen LogP contribution in [0, 0.1) is 0 Å². The highest BCUT2D eigenvalue weighted by atomic mass is 32.2. The molecule has 112 valence electrons. The predicted octanol–water partition coefficient (Wildman–Crippen LogP) is 1.19. The molecule has 0 bridgehead atoms. The zero-order valence-corrected chi connectivity index (χ0v) is 12.6. The summed E-state index contributed by atoms with van der Waals surface area (Å²) in [6.07, 6.45) is 3.66.